The van der Waals surface area contributed by atoms with Gasteiger partial charge in [-0.05, 0) is 49.2 Å². The fourth-order valence-corrected chi connectivity index (χ4v) is 3.07. The predicted octanol–water partition coefficient (Wildman–Crippen LogP) is 5.24. The molecule has 1 heterocycles. The van der Waals surface area contributed by atoms with Crippen LogP contribution in [0.25, 0.3) is 0 Å². The van der Waals surface area contributed by atoms with Crippen molar-refractivity contribution in [2.24, 2.45) is 0 Å². The molecule has 4 rings (SSSR count). The molecule has 0 aromatic heterocycles. The van der Waals surface area contributed by atoms with Crippen LogP contribution in [0, 0.1) is 13.8 Å². The van der Waals surface area contributed by atoms with E-state index in [1.165, 1.54) is 0 Å². The van der Waals surface area contributed by atoms with E-state index in [1.807, 2.05) is 61.2 Å². The number of benzene rings is 3. The van der Waals surface area contributed by atoms with Gasteiger partial charge in [0.2, 0.25) is 0 Å². The van der Waals surface area contributed by atoms with E-state index in [4.69, 9.17) is 0 Å². The van der Waals surface area contributed by atoms with Crippen LogP contribution in [0.1, 0.15) is 11.1 Å². The Morgan fingerprint density at radius 2 is 1.25 bits per heavy atom. The normalized spacial score (nSPS) is 12.3. The lowest BCUT2D eigenvalue weighted by Crippen LogP contribution is -2.18. The lowest BCUT2D eigenvalue weighted by Gasteiger charge is -2.34. The molecule has 0 atom stereocenters. The van der Waals surface area contributed by atoms with Gasteiger partial charge in [-0.3, -0.25) is 0 Å². The number of nitrogens with one attached hydrogen (secondary N) is 1. The zero-order valence-electron chi connectivity index (χ0n) is 13.5. The van der Waals surface area contributed by atoms with Gasteiger partial charge in [-0.15, -0.1) is 0 Å². The number of fused-ring (bicyclic) bond motifs is 2. The maximum absolute atomic E-state index is 10.2. The van der Waals surface area contributed by atoms with Crippen molar-refractivity contribution in [1.82, 2.24) is 0 Å². The molecule has 0 saturated carbocycles. The molecule has 0 radical (unpaired) electrons. The molecule has 0 saturated heterocycles. The zero-order chi connectivity index (χ0) is 16.8. The second kappa shape index (κ2) is 5.20. The predicted molar refractivity (Wildman–Crippen MR) is 97.2 cm³/mol. The molecular weight excluding hydrogens is 300 g/mol. The first-order chi connectivity index (χ1) is 11.5. The van der Waals surface area contributed by atoms with Crippen LogP contribution in [0.4, 0.5) is 28.4 Å². The van der Waals surface area contributed by atoms with Crippen molar-refractivity contribution >= 4 is 28.4 Å². The molecule has 1 aliphatic heterocycles. The quantitative estimate of drug-likeness (QED) is 0.420. The van der Waals surface area contributed by atoms with Crippen molar-refractivity contribution in [2.75, 3.05) is 10.2 Å². The van der Waals surface area contributed by atoms with Crippen LogP contribution < -0.4 is 10.2 Å². The van der Waals surface area contributed by atoms with Gasteiger partial charge in [0, 0.05) is 17.8 Å². The van der Waals surface area contributed by atoms with Gasteiger partial charge in [0.25, 0.3) is 0 Å². The number of aromatic hydroxyl groups is 2. The summed E-state index contributed by atoms with van der Waals surface area (Å²) in [5.41, 5.74) is 6.13. The summed E-state index contributed by atoms with van der Waals surface area (Å²) in [5.74, 6) is 0.493. The van der Waals surface area contributed by atoms with Crippen LogP contribution in [0.15, 0.2) is 54.6 Å². The molecule has 0 spiro atoms. The van der Waals surface area contributed by atoms with Gasteiger partial charge in [0.05, 0.1) is 22.7 Å². The van der Waals surface area contributed by atoms with E-state index in [-0.39, 0.29) is 11.5 Å². The monoisotopic (exact) mass is 318 g/mol. The lowest BCUT2D eigenvalue weighted by atomic mass is 10.0. The minimum absolute atomic E-state index is 0.247. The van der Waals surface area contributed by atoms with Crippen molar-refractivity contribution in [1.29, 1.82) is 0 Å². The number of hydrogen-bond donors (Lipinski definition) is 3. The Hall–Kier alpha value is -3.14. The molecule has 0 unspecified atom stereocenters. The van der Waals surface area contributed by atoms with Crippen molar-refractivity contribution < 1.29 is 10.2 Å². The first-order valence-electron chi connectivity index (χ1n) is 7.84. The van der Waals surface area contributed by atoms with E-state index in [9.17, 15) is 10.2 Å². The molecule has 0 bridgehead atoms. The minimum atomic E-state index is 0.247. The first kappa shape index (κ1) is 14.5. The maximum atomic E-state index is 10.2. The van der Waals surface area contributed by atoms with Crippen molar-refractivity contribution in [3.63, 3.8) is 0 Å². The standard InChI is InChI=1S/C20H18N2O2/c1-12-8-15-17(10-19(12)23)22(14-6-4-3-5-7-14)18-11-20(24)13(2)9-16(18)21-15/h3-11,21,23-24H,1-2H3. The average Bonchev–Trinajstić information content (AvgIpc) is 2.57. The van der Waals surface area contributed by atoms with Gasteiger partial charge in [0.15, 0.2) is 0 Å². The number of hydrogen-bond acceptors (Lipinski definition) is 4. The summed E-state index contributed by atoms with van der Waals surface area (Å²) in [6, 6.07) is 17.3. The molecule has 3 aromatic carbocycles. The van der Waals surface area contributed by atoms with Crippen molar-refractivity contribution in [3.05, 3.63) is 65.7 Å². The Bertz CT molecular complexity index is 879. The first-order valence-corrected chi connectivity index (χ1v) is 7.84. The molecule has 4 nitrogen and oxygen atoms in total. The van der Waals surface area contributed by atoms with E-state index < -0.39 is 0 Å². The zero-order valence-corrected chi connectivity index (χ0v) is 13.5. The fourth-order valence-electron chi connectivity index (χ4n) is 3.07. The number of phenols is 2. The van der Waals surface area contributed by atoms with Crippen LogP contribution >= 0.6 is 0 Å². The van der Waals surface area contributed by atoms with Crippen molar-refractivity contribution in [3.8, 4) is 11.5 Å². The third kappa shape index (κ3) is 2.15. The summed E-state index contributed by atoms with van der Waals surface area (Å²) in [7, 11) is 0. The Balaban J connectivity index is 2.01. The van der Waals surface area contributed by atoms with E-state index >= 15 is 0 Å². The van der Waals surface area contributed by atoms with E-state index in [0.717, 1.165) is 39.6 Å². The highest BCUT2D eigenvalue weighted by Gasteiger charge is 2.26. The van der Waals surface area contributed by atoms with Crippen molar-refractivity contribution in [2.45, 2.75) is 13.8 Å². The Morgan fingerprint density at radius 3 is 1.75 bits per heavy atom. The molecule has 24 heavy (non-hydrogen) atoms. The molecule has 3 aromatic rings. The molecule has 0 fully saturated rings. The summed E-state index contributed by atoms with van der Waals surface area (Å²) < 4.78 is 0. The number of nitrogens with zero attached hydrogens (tertiary/aromatic N) is 1. The van der Waals surface area contributed by atoms with Gasteiger partial charge < -0.3 is 20.4 Å². The van der Waals surface area contributed by atoms with Crippen LogP contribution in [-0.4, -0.2) is 10.2 Å². The third-order valence-electron chi connectivity index (χ3n) is 4.39. The largest absolute Gasteiger partial charge is 0.508 e. The number of para-hydroxylation sites is 1. The summed E-state index contributed by atoms with van der Waals surface area (Å²) in [4.78, 5) is 2.04. The highest BCUT2D eigenvalue weighted by atomic mass is 16.3. The SMILES string of the molecule is Cc1cc2c(cc1O)N(c1ccccc1)c1cc(O)c(C)cc1N2. The van der Waals surface area contributed by atoms with Crippen LogP contribution in [0.5, 0.6) is 11.5 Å². The van der Waals surface area contributed by atoms with Crippen LogP contribution in [-0.2, 0) is 0 Å². The third-order valence-corrected chi connectivity index (χ3v) is 4.39. The maximum Gasteiger partial charge on any atom is 0.120 e. The number of anilines is 5. The second-order valence-corrected chi connectivity index (χ2v) is 6.11. The van der Waals surface area contributed by atoms with Gasteiger partial charge in [-0.1, -0.05) is 18.2 Å². The fraction of sp³-hybridized carbons (Fsp3) is 0.100. The van der Waals surface area contributed by atoms with E-state index in [1.54, 1.807) is 12.1 Å². The summed E-state index contributed by atoms with van der Waals surface area (Å²) in [6.45, 7) is 3.75. The Kier molecular flexibility index (Phi) is 3.13. The van der Waals surface area contributed by atoms with Gasteiger partial charge in [-0.2, -0.15) is 0 Å². The van der Waals surface area contributed by atoms with E-state index in [0.29, 0.717) is 0 Å². The lowest BCUT2D eigenvalue weighted by molar-refractivity contribution is 0.471. The minimum Gasteiger partial charge on any atom is -0.508 e. The summed E-state index contributed by atoms with van der Waals surface area (Å²) >= 11 is 0. The second-order valence-electron chi connectivity index (χ2n) is 6.11. The van der Waals surface area contributed by atoms with E-state index in [2.05, 4.69) is 5.32 Å². The Morgan fingerprint density at radius 1 is 0.750 bits per heavy atom. The molecular formula is C20H18N2O2. The number of aryl methyl sites for hydroxylation is 2. The smallest absolute Gasteiger partial charge is 0.120 e. The Labute approximate surface area is 140 Å². The molecule has 120 valence electrons. The molecule has 4 heteroatoms. The highest BCUT2D eigenvalue weighted by molar-refractivity contribution is 5.98. The van der Waals surface area contributed by atoms with Gasteiger partial charge in [0.1, 0.15) is 11.5 Å². The molecule has 1 aliphatic rings. The van der Waals surface area contributed by atoms with Gasteiger partial charge >= 0.3 is 0 Å². The van der Waals surface area contributed by atoms with Crippen LogP contribution in [0.2, 0.25) is 0 Å². The summed E-state index contributed by atoms with van der Waals surface area (Å²) in [6.07, 6.45) is 0. The van der Waals surface area contributed by atoms with Crippen LogP contribution in [0.3, 0.4) is 0 Å². The number of phenolic OH excluding ortho intramolecular Hbond substituents is 2. The molecule has 0 aliphatic carbocycles. The summed E-state index contributed by atoms with van der Waals surface area (Å²) in [5, 5.41) is 23.8. The van der Waals surface area contributed by atoms with Gasteiger partial charge in [-0.25, -0.2) is 0 Å². The number of rotatable bonds is 1. The highest BCUT2D eigenvalue weighted by Crippen LogP contribution is 2.50. The average molecular weight is 318 g/mol. The molecule has 3 N–H and O–H groups in total. The topological polar surface area (TPSA) is 55.7 Å². The molecule has 0 amide bonds.